The number of hydrogen-bond acceptors (Lipinski definition) is 5. The summed E-state index contributed by atoms with van der Waals surface area (Å²) >= 11 is 4.41. The fourth-order valence-corrected chi connectivity index (χ4v) is 5.36. The summed E-state index contributed by atoms with van der Waals surface area (Å²) in [7, 11) is -2.01. The number of hydrogen-bond donors (Lipinski definition) is 2. The summed E-state index contributed by atoms with van der Waals surface area (Å²) in [6.07, 6.45) is -0.654. The summed E-state index contributed by atoms with van der Waals surface area (Å²) in [6.45, 7) is 0.905. The zero-order valence-corrected chi connectivity index (χ0v) is 12.3. The molecular weight excluding hydrogens is 328 g/mol. The highest BCUT2D eigenvalue weighted by Gasteiger charge is 2.36. The van der Waals surface area contributed by atoms with Crippen LogP contribution in [0.25, 0.3) is 0 Å². The molecule has 0 radical (unpaired) electrons. The number of nitrogens with one attached hydrogen (secondary N) is 1. The van der Waals surface area contributed by atoms with Gasteiger partial charge in [-0.1, -0.05) is 0 Å². The molecule has 2 atom stereocenters. The van der Waals surface area contributed by atoms with Crippen LogP contribution in [0.1, 0.15) is 0 Å². The number of rotatable bonds is 3. The van der Waals surface area contributed by atoms with Crippen LogP contribution in [0.3, 0.4) is 0 Å². The number of aliphatic hydroxyl groups excluding tert-OH is 1. The summed E-state index contributed by atoms with van der Waals surface area (Å²) in [4.78, 5) is 0. The maximum atomic E-state index is 12.3. The molecule has 1 aromatic rings. The van der Waals surface area contributed by atoms with E-state index in [4.69, 9.17) is 0 Å². The average molecular weight is 341 g/mol. The second kappa shape index (κ2) is 4.94. The topological polar surface area (TPSA) is 69.6 Å². The molecule has 5 nitrogen and oxygen atoms in total. The largest absolute Gasteiger partial charge is 0.390 e. The molecule has 0 bridgehead atoms. The second-order valence-corrected chi connectivity index (χ2v) is 8.56. The van der Waals surface area contributed by atoms with Gasteiger partial charge in [-0.2, -0.15) is 4.31 Å². The Kier molecular flexibility index (Phi) is 3.91. The minimum absolute atomic E-state index is 0.283. The maximum Gasteiger partial charge on any atom is 0.252 e. The van der Waals surface area contributed by atoms with Gasteiger partial charge in [0.2, 0.25) is 0 Å². The van der Waals surface area contributed by atoms with Crippen LogP contribution in [0, 0.1) is 0 Å². The Balaban J connectivity index is 2.26. The first-order valence-electron chi connectivity index (χ1n) is 5.05. The Morgan fingerprint density at radius 3 is 2.71 bits per heavy atom. The van der Waals surface area contributed by atoms with E-state index in [2.05, 4.69) is 21.2 Å². The van der Waals surface area contributed by atoms with Crippen molar-refractivity contribution in [3.8, 4) is 0 Å². The van der Waals surface area contributed by atoms with Crippen molar-refractivity contribution in [2.24, 2.45) is 0 Å². The van der Waals surface area contributed by atoms with Gasteiger partial charge in [0.15, 0.2) is 0 Å². The number of halogens is 1. The van der Waals surface area contributed by atoms with Crippen molar-refractivity contribution >= 4 is 37.3 Å². The zero-order valence-electron chi connectivity index (χ0n) is 9.13. The lowest BCUT2D eigenvalue weighted by Gasteiger charge is -2.24. The highest BCUT2D eigenvalue weighted by molar-refractivity contribution is 9.11. The fraction of sp³-hybridized carbons (Fsp3) is 0.556. The summed E-state index contributed by atoms with van der Waals surface area (Å²) in [5.74, 6) is 0. The van der Waals surface area contributed by atoms with Gasteiger partial charge in [-0.25, -0.2) is 8.42 Å². The van der Waals surface area contributed by atoms with E-state index in [1.807, 2.05) is 0 Å². The van der Waals surface area contributed by atoms with Crippen LogP contribution in [0.2, 0.25) is 0 Å². The molecule has 2 rings (SSSR count). The third-order valence-corrected chi connectivity index (χ3v) is 6.77. The summed E-state index contributed by atoms with van der Waals surface area (Å²) in [5.41, 5.74) is 0. The molecule has 2 N–H and O–H groups in total. The lowest BCUT2D eigenvalue weighted by atomic mass is 10.2. The normalized spacial score (nSPS) is 25.6. The van der Waals surface area contributed by atoms with E-state index in [0.717, 1.165) is 3.79 Å². The third-order valence-electron chi connectivity index (χ3n) is 2.80. The summed E-state index contributed by atoms with van der Waals surface area (Å²) in [5, 5.41) is 12.7. The second-order valence-electron chi connectivity index (χ2n) is 3.87. The van der Waals surface area contributed by atoms with E-state index < -0.39 is 22.2 Å². The van der Waals surface area contributed by atoms with Crippen LogP contribution < -0.4 is 5.32 Å². The summed E-state index contributed by atoms with van der Waals surface area (Å²) in [6, 6.07) is 2.87. The van der Waals surface area contributed by atoms with Crippen LogP contribution in [-0.4, -0.2) is 50.1 Å². The van der Waals surface area contributed by atoms with Crippen molar-refractivity contribution < 1.29 is 13.5 Å². The predicted octanol–water partition coefficient (Wildman–Crippen LogP) is 0.464. The van der Waals surface area contributed by atoms with Crippen LogP contribution in [0.15, 0.2) is 20.1 Å². The number of likely N-dealkylation sites (N-methyl/N-ethyl adjacent to an activating group) is 1. The first-order valence-corrected chi connectivity index (χ1v) is 8.10. The van der Waals surface area contributed by atoms with Crippen molar-refractivity contribution in [2.45, 2.75) is 16.4 Å². The monoisotopic (exact) mass is 340 g/mol. The van der Waals surface area contributed by atoms with E-state index in [9.17, 15) is 13.5 Å². The van der Waals surface area contributed by atoms with Gasteiger partial charge in [0.05, 0.1) is 15.9 Å². The lowest BCUT2D eigenvalue weighted by Crippen LogP contribution is -2.43. The first kappa shape index (κ1) is 13.4. The Morgan fingerprint density at radius 1 is 1.53 bits per heavy atom. The molecule has 17 heavy (non-hydrogen) atoms. The van der Waals surface area contributed by atoms with Crippen molar-refractivity contribution in [2.75, 3.05) is 20.1 Å². The smallest absolute Gasteiger partial charge is 0.252 e. The Hall–Kier alpha value is 0.01000. The van der Waals surface area contributed by atoms with E-state index in [1.165, 1.54) is 22.7 Å². The molecule has 1 fully saturated rings. The van der Waals surface area contributed by atoms with Gasteiger partial charge in [-0.15, -0.1) is 11.3 Å². The van der Waals surface area contributed by atoms with Crippen LogP contribution in [0.4, 0.5) is 0 Å². The molecule has 96 valence electrons. The SMILES string of the molecule is CN([C@@H]1CNC[C@H]1O)S(=O)(=O)c1ccc(Br)s1. The molecule has 1 saturated heterocycles. The number of sulfonamides is 1. The highest BCUT2D eigenvalue weighted by Crippen LogP contribution is 2.29. The summed E-state index contributed by atoms with van der Waals surface area (Å²) < 4.78 is 26.8. The quantitative estimate of drug-likeness (QED) is 0.838. The van der Waals surface area contributed by atoms with Crippen LogP contribution >= 0.6 is 27.3 Å². The van der Waals surface area contributed by atoms with E-state index in [1.54, 1.807) is 12.1 Å². The van der Waals surface area contributed by atoms with Crippen molar-refractivity contribution in [3.05, 3.63) is 15.9 Å². The Labute approximate surface area is 113 Å². The molecular formula is C9H13BrN2O3S2. The van der Waals surface area contributed by atoms with Gasteiger partial charge in [-0.05, 0) is 28.1 Å². The van der Waals surface area contributed by atoms with Crippen molar-refractivity contribution in [1.82, 2.24) is 9.62 Å². The lowest BCUT2D eigenvalue weighted by molar-refractivity contribution is 0.136. The third kappa shape index (κ3) is 2.56. The predicted molar refractivity (Wildman–Crippen MR) is 69.6 cm³/mol. The molecule has 0 aromatic carbocycles. The number of β-amino-alcohol motifs (C(OH)–C–C–N with tert-alkyl or cyclic N) is 1. The van der Waals surface area contributed by atoms with Crippen LogP contribution in [0.5, 0.6) is 0 Å². The molecule has 0 saturated carbocycles. The number of nitrogens with zero attached hydrogens (tertiary/aromatic N) is 1. The minimum Gasteiger partial charge on any atom is -0.390 e. The highest BCUT2D eigenvalue weighted by atomic mass is 79.9. The van der Waals surface area contributed by atoms with E-state index in [-0.39, 0.29) is 4.21 Å². The fourth-order valence-electron chi connectivity index (χ4n) is 1.78. The molecule has 0 unspecified atom stereocenters. The maximum absolute atomic E-state index is 12.3. The molecule has 0 amide bonds. The first-order chi connectivity index (χ1) is 7.93. The number of thiophene rings is 1. The van der Waals surface area contributed by atoms with Gasteiger partial charge in [-0.3, -0.25) is 0 Å². The van der Waals surface area contributed by atoms with E-state index >= 15 is 0 Å². The Bertz CT molecular complexity index is 502. The molecule has 2 heterocycles. The van der Waals surface area contributed by atoms with Crippen LogP contribution in [-0.2, 0) is 10.0 Å². The van der Waals surface area contributed by atoms with Gasteiger partial charge >= 0.3 is 0 Å². The molecule has 0 aliphatic carbocycles. The average Bonchev–Trinajstić information content (AvgIpc) is 2.86. The zero-order chi connectivity index (χ0) is 12.6. The molecule has 8 heteroatoms. The van der Waals surface area contributed by atoms with Crippen molar-refractivity contribution in [3.63, 3.8) is 0 Å². The van der Waals surface area contributed by atoms with Gasteiger partial charge in [0.25, 0.3) is 10.0 Å². The van der Waals surface area contributed by atoms with Gasteiger partial charge in [0.1, 0.15) is 4.21 Å². The van der Waals surface area contributed by atoms with Crippen molar-refractivity contribution in [1.29, 1.82) is 0 Å². The van der Waals surface area contributed by atoms with Gasteiger partial charge < -0.3 is 10.4 Å². The molecule has 1 aliphatic rings. The minimum atomic E-state index is -3.51. The molecule has 1 aliphatic heterocycles. The van der Waals surface area contributed by atoms with E-state index in [0.29, 0.717) is 13.1 Å². The molecule has 1 aromatic heterocycles. The number of aliphatic hydroxyl groups is 1. The standard InChI is InChI=1S/C9H13BrN2O3S2/c1-12(6-4-11-5-7(6)13)17(14,15)9-3-2-8(10)16-9/h2-3,6-7,11,13H,4-5H2,1H3/t6-,7-/m1/s1. The Morgan fingerprint density at radius 2 is 2.24 bits per heavy atom. The van der Waals surface area contributed by atoms with Gasteiger partial charge in [0, 0.05) is 20.1 Å². The molecule has 0 spiro atoms.